The number of hydrogen-bond acceptors (Lipinski definition) is 4. The fourth-order valence-corrected chi connectivity index (χ4v) is 2.31. The summed E-state index contributed by atoms with van der Waals surface area (Å²) in [7, 11) is 0. The molecule has 6 nitrogen and oxygen atoms in total. The van der Waals surface area contributed by atoms with E-state index in [0.717, 1.165) is 29.9 Å². The first-order valence-corrected chi connectivity index (χ1v) is 7.37. The quantitative estimate of drug-likeness (QED) is 0.821. The minimum atomic E-state index is -0.201. The first kappa shape index (κ1) is 15.7. The van der Waals surface area contributed by atoms with E-state index in [1.165, 1.54) is 0 Å². The minimum absolute atomic E-state index is 0.128. The van der Waals surface area contributed by atoms with Gasteiger partial charge in [-0.3, -0.25) is 9.78 Å². The van der Waals surface area contributed by atoms with Crippen molar-refractivity contribution >= 4 is 11.6 Å². The van der Waals surface area contributed by atoms with Crippen LogP contribution in [0.3, 0.4) is 0 Å². The normalized spacial score (nSPS) is 10.2. The second-order valence-electron chi connectivity index (χ2n) is 4.84. The van der Waals surface area contributed by atoms with Crippen molar-refractivity contribution in [2.24, 2.45) is 0 Å². The zero-order valence-electron chi connectivity index (χ0n) is 12.9. The fourth-order valence-electron chi connectivity index (χ4n) is 2.31. The zero-order chi connectivity index (χ0) is 15.9. The van der Waals surface area contributed by atoms with Gasteiger partial charge < -0.3 is 4.90 Å². The Labute approximate surface area is 130 Å². The molecule has 0 bridgehead atoms. The maximum Gasteiger partial charge on any atom is 0.241 e. The van der Waals surface area contributed by atoms with E-state index >= 15 is 0 Å². The highest BCUT2D eigenvalue weighted by Crippen LogP contribution is 2.23. The number of hydrogen-bond donors (Lipinski definition) is 0. The minimum Gasteiger partial charge on any atom is -0.309 e. The van der Waals surface area contributed by atoms with Crippen LogP contribution in [0.15, 0.2) is 30.7 Å². The van der Waals surface area contributed by atoms with Crippen molar-refractivity contribution in [1.29, 1.82) is 5.26 Å². The molecule has 2 heterocycles. The first-order valence-electron chi connectivity index (χ1n) is 7.37. The average Bonchev–Trinajstić information content (AvgIpc) is 2.94. The molecule has 114 valence electrons. The molecule has 6 heteroatoms. The van der Waals surface area contributed by atoms with Crippen molar-refractivity contribution in [1.82, 2.24) is 14.8 Å². The molecule has 22 heavy (non-hydrogen) atoms. The third-order valence-corrected chi connectivity index (χ3v) is 3.30. The number of aromatic nitrogens is 3. The Balaban J connectivity index is 2.43. The van der Waals surface area contributed by atoms with Gasteiger partial charge in [0.2, 0.25) is 5.91 Å². The van der Waals surface area contributed by atoms with Crippen LogP contribution in [-0.2, 0) is 11.2 Å². The Hall–Kier alpha value is -2.68. The van der Waals surface area contributed by atoms with E-state index < -0.39 is 0 Å². The van der Waals surface area contributed by atoms with E-state index in [0.29, 0.717) is 6.54 Å². The molecule has 0 N–H and O–H groups in total. The molecule has 2 aromatic heterocycles. The highest BCUT2D eigenvalue weighted by atomic mass is 16.2. The summed E-state index contributed by atoms with van der Waals surface area (Å²) < 4.78 is 1.73. The molecule has 1 amide bonds. The van der Waals surface area contributed by atoms with Gasteiger partial charge in [-0.2, -0.15) is 10.4 Å². The lowest BCUT2D eigenvalue weighted by molar-refractivity contribution is -0.117. The number of carbonyl (C=O) groups excluding carboxylic acids is 1. The highest BCUT2D eigenvalue weighted by molar-refractivity contribution is 5.95. The van der Waals surface area contributed by atoms with Crippen LogP contribution < -0.4 is 4.90 Å². The van der Waals surface area contributed by atoms with Crippen LogP contribution in [0.1, 0.15) is 32.4 Å². The smallest absolute Gasteiger partial charge is 0.241 e. The maximum atomic E-state index is 12.1. The van der Waals surface area contributed by atoms with Crippen LogP contribution in [0.2, 0.25) is 0 Å². The summed E-state index contributed by atoms with van der Waals surface area (Å²) in [6.07, 6.45) is 6.84. The summed E-state index contributed by atoms with van der Waals surface area (Å²) in [5.74, 6) is -0.201. The Bertz CT molecular complexity index is 672. The number of pyridine rings is 1. The van der Waals surface area contributed by atoms with Gasteiger partial charge in [-0.25, -0.2) is 4.68 Å². The van der Waals surface area contributed by atoms with Crippen molar-refractivity contribution < 1.29 is 4.79 Å². The topological polar surface area (TPSA) is 74.8 Å². The maximum absolute atomic E-state index is 12.1. The number of carbonyl (C=O) groups is 1. The predicted octanol–water partition coefficient (Wildman–Crippen LogP) is 2.49. The van der Waals surface area contributed by atoms with Crippen molar-refractivity contribution in [3.05, 3.63) is 36.4 Å². The van der Waals surface area contributed by atoms with E-state index in [1.54, 1.807) is 22.0 Å². The standard InChI is InChI=1S/C16H19N5O/c1-3-6-14-15(20(4-2)16(22)8-9-17)12-21(19-14)13-7-5-10-18-11-13/h5,7,10-12H,3-4,6,8H2,1-2H3. The number of aryl methyl sites for hydroxylation is 1. The summed E-state index contributed by atoms with van der Waals surface area (Å²) in [5, 5.41) is 13.3. The number of rotatable bonds is 6. The summed E-state index contributed by atoms with van der Waals surface area (Å²) in [5.41, 5.74) is 2.47. The van der Waals surface area contributed by atoms with Gasteiger partial charge in [0.15, 0.2) is 0 Å². The lowest BCUT2D eigenvalue weighted by Crippen LogP contribution is -2.30. The monoisotopic (exact) mass is 297 g/mol. The molecule has 0 aromatic carbocycles. The first-order chi connectivity index (χ1) is 10.7. The van der Waals surface area contributed by atoms with Crippen LogP contribution in [-0.4, -0.2) is 27.2 Å². The number of amides is 1. The molecule has 0 aliphatic rings. The molecule has 2 rings (SSSR count). The van der Waals surface area contributed by atoms with Gasteiger partial charge in [0, 0.05) is 12.7 Å². The number of nitrogens with zero attached hydrogens (tertiary/aromatic N) is 5. The van der Waals surface area contributed by atoms with Crippen LogP contribution in [0.5, 0.6) is 0 Å². The number of nitriles is 1. The second-order valence-corrected chi connectivity index (χ2v) is 4.84. The largest absolute Gasteiger partial charge is 0.309 e. The third kappa shape index (κ3) is 3.31. The molecule has 0 spiro atoms. The molecule has 0 aliphatic heterocycles. The van der Waals surface area contributed by atoms with Crippen molar-refractivity contribution in [2.75, 3.05) is 11.4 Å². The predicted molar refractivity (Wildman–Crippen MR) is 83.6 cm³/mol. The summed E-state index contributed by atoms with van der Waals surface area (Å²) in [6, 6.07) is 5.67. The van der Waals surface area contributed by atoms with Crippen molar-refractivity contribution in [3.63, 3.8) is 0 Å². The third-order valence-electron chi connectivity index (χ3n) is 3.30. The van der Waals surface area contributed by atoms with E-state index in [2.05, 4.69) is 17.0 Å². The zero-order valence-corrected chi connectivity index (χ0v) is 12.9. The molecule has 0 saturated heterocycles. The van der Waals surface area contributed by atoms with Crippen LogP contribution >= 0.6 is 0 Å². The van der Waals surface area contributed by atoms with Gasteiger partial charge in [-0.1, -0.05) is 13.3 Å². The average molecular weight is 297 g/mol. The van der Waals surface area contributed by atoms with Crippen LogP contribution in [0.4, 0.5) is 5.69 Å². The number of anilines is 1. The van der Waals surface area contributed by atoms with Crippen molar-refractivity contribution in [2.45, 2.75) is 33.1 Å². The summed E-state index contributed by atoms with van der Waals surface area (Å²) in [4.78, 5) is 17.8. The van der Waals surface area contributed by atoms with E-state index in [4.69, 9.17) is 5.26 Å². The van der Waals surface area contributed by atoms with Crippen LogP contribution in [0.25, 0.3) is 5.69 Å². The SMILES string of the molecule is CCCc1nn(-c2cccnc2)cc1N(CC)C(=O)CC#N. The van der Waals surface area contributed by atoms with E-state index in [-0.39, 0.29) is 12.3 Å². The molecule has 0 radical (unpaired) electrons. The molecular formula is C16H19N5O. The molecule has 0 atom stereocenters. The Kier molecular flexibility index (Phi) is 5.26. The van der Waals surface area contributed by atoms with Gasteiger partial charge in [0.1, 0.15) is 6.42 Å². The van der Waals surface area contributed by atoms with Crippen LogP contribution in [0, 0.1) is 11.3 Å². The van der Waals surface area contributed by atoms with E-state index in [1.807, 2.05) is 31.3 Å². The van der Waals surface area contributed by atoms with Gasteiger partial charge in [-0.15, -0.1) is 0 Å². The summed E-state index contributed by atoms with van der Waals surface area (Å²) in [6.45, 7) is 4.47. The molecule has 2 aromatic rings. The Morgan fingerprint density at radius 3 is 2.86 bits per heavy atom. The molecule has 0 unspecified atom stereocenters. The van der Waals surface area contributed by atoms with Gasteiger partial charge in [-0.05, 0) is 25.5 Å². The van der Waals surface area contributed by atoms with Gasteiger partial charge in [0.05, 0.1) is 35.5 Å². The highest BCUT2D eigenvalue weighted by Gasteiger charge is 2.20. The molecule has 0 saturated carbocycles. The van der Waals surface area contributed by atoms with E-state index in [9.17, 15) is 4.79 Å². The lowest BCUT2D eigenvalue weighted by Gasteiger charge is -2.19. The molecule has 0 aliphatic carbocycles. The Morgan fingerprint density at radius 1 is 1.45 bits per heavy atom. The molecule has 0 fully saturated rings. The lowest BCUT2D eigenvalue weighted by atomic mass is 10.2. The fraction of sp³-hybridized carbons (Fsp3) is 0.375. The second kappa shape index (κ2) is 7.36. The summed E-state index contributed by atoms with van der Waals surface area (Å²) >= 11 is 0. The Morgan fingerprint density at radius 2 is 2.27 bits per heavy atom. The van der Waals surface area contributed by atoms with Gasteiger partial charge in [0.25, 0.3) is 0 Å². The molecular weight excluding hydrogens is 278 g/mol. The van der Waals surface area contributed by atoms with Crippen molar-refractivity contribution in [3.8, 4) is 11.8 Å². The van der Waals surface area contributed by atoms with Gasteiger partial charge >= 0.3 is 0 Å².